The second kappa shape index (κ2) is 2.13. The van der Waals surface area contributed by atoms with E-state index in [0.717, 1.165) is 0 Å². The molecule has 0 amide bonds. The number of carbonyl (C=O) groups is 1. The van der Waals surface area contributed by atoms with Crippen molar-refractivity contribution in [2.75, 3.05) is 0 Å². The molecule has 0 saturated heterocycles. The van der Waals surface area contributed by atoms with Crippen LogP contribution in [-0.2, 0) is 4.79 Å². The number of hydrogen-bond acceptors (Lipinski definition) is 1. The molecule has 1 heteroatoms. The van der Waals surface area contributed by atoms with Crippen LogP contribution in [0.2, 0.25) is 0 Å². The van der Waals surface area contributed by atoms with Gasteiger partial charge >= 0.3 is 0 Å². The van der Waals surface area contributed by atoms with Gasteiger partial charge in [0.1, 0.15) is 5.78 Å². The Labute approximate surface area is 60.7 Å². The molecule has 1 nitrogen and oxygen atoms in total. The highest BCUT2D eigenvalue weighted by Gasteiger charge is 2.29. The van der Waals surface area contributed by atoms with Crippen molar-refractivity contribution in [2.45, 2.75) is 39.5 Å². The van der Waals surface area contributed by atoms with Crippen molar-refractivity contribution in [3.8, 4) is 0 Å². The molecule has 0 aromatic rings. The Morgan fingerprint density at radius 1 is 1.78 bits per heavy atom. The Morgan fingerprint density at radius 2 is 2.56 bits per heavy atom. The molecule has 0 heterocycles. The lowest BCUT2D eigenvalue weighted by molar-refractivity contribution is -0.129. The van der Waals surface area contributed by atoms with Crippen molar-refractivity contribution < 1.29 is 8.91 Å². The van der Waals surface area contributed by atoms with Gasteiger partial charge in [-0.15, -0.1) is 0 Å². The van der Waals surface area contributed by atoms with E-state index in [4.69, 9.17) is 4.11 Å². The van der Waals surface area contributed by atoms with Crippen LogP contribution in [0.5, 0.6) is 0 Å². The maximum absolute atomic E-state index is 11.5. The number of ketones is 1. The van der Waals surface area contributed by atoms with Crippen LogP contribution in [-0.4, -0.2) is 5.78 Å². The summed E-state index contributed by atoms with van der Waals surface area (Å²) in [5.41, 5.74) is -0.734. The van der Waals surface area contributed by atoms with E-state index >= 15 is 0 Å². The molecule has 0 bridgehead atoms. The molecule has 1 aliphatic carbocycles. The summed E-state index contributed by atoms with van der Waals surface area (Å²) < 4.78 is 22.1. The maximum atomic E-state index is 11.5. The summed E-state index contributed by atoms with van der Waals surface area (Å²) in [5.74, 6) is -0.378. The van der Waals surface area contributed by atoms with E-state index < -0.39 is 11.8 Å². The summed E-state index contributed by atoms with van der Waals surface area (Å²) >= 11 is 0. The minimum Gasteiger partial charge on any atom is -0.299 e. The summed E-state index contributed by atoms with van der Waals surface area (Å²) in [6, 6.07) is 0. The monoisotopic (exact) mass is 129 g/mol. The van der Waals surface area contributed by atoms with Gasteiger partial charge in [0.25, 0.3) is 0 Å². The van der Waals surface area contributed by atoms with Crippen LogP contribution in [0.4, 0.5) is 0 Å². The zero-order chi connectivity index (χ0) is 9.41. The first kappa shape index (κ1) is 3.75. The first-order chi connectivity index (χ1) is 5.42. The first-order valence-corrected chi connectivity index (χ1v) is 3.26. The van der Waals surface area contributed by atoms with Gasteiger partial charge in [-0.2, -0.15) is 0 Å². The SMILES string of the molecule is [2H]CC1(C)CCCC([2H])([2H])C1=O. The maximum Gasteiger partial charge on any atom is 0.138 e. The van der Waals surface area contributed by atoms with Crippen molar-refractivity contribution in [3.05, 3.63) is 0 Å². The third-order valence-electron chi connectivity index (χ3n) is 1.74. The lowest BCUT2D eigenvalue weighted by Crippen LogP contribution is -2.27. The molecule has 0 aliphatic heterocycles. The van der Waals surface area contributed by atoms with Gasteiger partial charge in [0.2, 0.25) is 0 Å². The average molecular weight is 129 g/mol. The normalized spacial score (nSPS) is 47.2. The van der Waals surface area contributed by atoms with Gasteiger partial charge in [0.15, 0.2) is 0 Å². The Hall–Kier alpha value is -0.330. The van der Waals surface area contributed by atoms with Crippen LogP contribution >= 0.6 is 0 Å². The number of hydrogen-bond donors (Lipinski definition) is 0. The quantitative estimate of drug-likeness (QED) is 0.490. The molecule has 0 radical (unpaired) electrons. The van der Waals surface area contributed by atoms with Crippen LogP contribution in [0.3, 0.4) is 0 Å². The second-order valence-corrected chi connectivity index (χ2v) is 2.92. The smallest absolute Gasteiger partial charge is 0.138 e. The van der Waals surface area contributed by atoms with E-state index in [2.05, 4.69) is 0 Å². The number of carbonyl (C=O) groups excluding carboxylic acids is 1. The molecule has 0 spiro atoms. The van der Waals surface area contributed by atoms with Gasteiger partial charge in [-0.25, -0.2) is 0 Å². The second-order valence-electron chi connectivity index (χ2n) is 2.92. The molecule has 1 fully saturated rings. The van der Waals surface area contributed by atoms with Gasteiger partial charge in [-0.1, -0.05) is 20.2 Å². The van der Waals surface area contributed by atoms with E-state index in [1.54, 1.807) is 6.92 Å². The fraction of sp³-hybridized carbons (Fsp3) is 0.875. The van der Waals surface area contributed by atoms with Gasteiger partial charge < -0.3 is 0 Å². The molecule has 52 valence electrons. The van der Waals surface area contributed by atoms with Crippen molar-refractivity contribution in [1.82, 2.24) is 0 Å². The summed E-state index contributed by atoms with van der Waals surface area (Å²) in [6.45, 7) is 1.70. The molecule has 1 saturated carbocycles. The van der Waals surface area contributed by atoms with Crippen molar-refractivity contribution in [3.63, 3.8) is 0 Å². The Morgan fingerprint density at radius 3 is 3.11 bits per heavy atom. The van der Waals surface area contributed by atoms with Crippen LogP contribution in [0.1, 0.15) is 43.6 Å². The molecular formula is C8H14O. The summed E-state index contributed by atoms with van der Waals surface area (Å²) in [7, 11) is 0. The minimum absolute atomic E-state index is 0.00530. The molecule has 9 heavy (non-hydrogen) atoms. The van der Waals surface area contributed by atoms with E-state index in [1.165, 1.54) is 0 Å². The molecule has 1 rings (SSSR count). The highest BCUT2D eigenvalue weighted by Crippen LogP contribution is 2.31. The van der Waals surface area contributed by atoms with E-state index in [9.17, 15) is 4.79 Å². The summed E-state index contributed by atoms with van der Waals surface area (Å²) in [5, 5.41) is 0. The fourth-order valence-electron chi connectivity index (χ4n) is 1.01. The van der Waals surface area contributed by atoms with Gasteiger partial charge in [-0.3, -0.25) is 4.79 Å². The van der Waals surface area contributed by atoms with Crippen molar-refractivity contribution in [1.29, 1.82) is 0 Å². The standard InChI is InChI=1S/C8H14O/c1-8(2)6-4-3-5-7(8)9/h3-6H2,1-2H3/i1D,5D2. The topological polar surface area (TPSA) is 17.1 Å². The van der Waals surface area contributed by atoms with E-state index in [1.807, 2.05) is 0 Å². The predicted molar refractivity (Wildman–Crippen MR) is 37.3 cm³/mol. The molecule has 0 aromatic carbocycles. The summed E-state index contributed by atoms with van der Waals surface area (Å²) in [4.78, 5) is 11.5. The molecule has 0 aromatic heterocycles. The third-order valence-corrected chi connectivity index (χ3v) is 1.74. The molecular weight excluding hydrogens is 112 g/mol. The fourth-order valence-corrected chi connectivity index (χ4v) is 1.01. The highest BCUT2D eigenvalue weighted by atomic mass is 16.1. The molecule has 0 N–H and O–H groups in total. The summed E-state index contributed by atoms with van der Waals surface area (Å²) in [6.07, 6.45) is 0.0123. The van der Waals surface area contributed by atoms with E-state index in [0.29, 0.717) is 19.3 Å². The zero-order valence-electron chi connectivity index (χ0n) is 8.74. The number of Topliss-reactive ketones (excluding diaryl/α,β-unsaturated/α-hetero) is 1. The van der Waals surface area contributed by atoms with Gasteiger partial charge in [-0.05, 0) is 12.8 Å². The highest BCUT2D eigenvalue weighted by molar-refractivity contribution is 5.84. The lowest BCUT2D eigenvalue weighted by atomic mass is 9.76. The van der Waals surface area contributed by atoms with Crippen LogP contribution in [0.25, 0.3) is 0 Å². The molecule has 1 unspecified atom stereocenters. The van der Waals surface area contributed by atoms with Gasteiger partial charge in [0, 0.05) is 15.9 Å². The van der Waals surface area contributed by atoms with Crippen LogP contribution in [0, 0.1) is 5.41 Å². The molecule has 1 atom stereocenters. The van der Waals surface area contributed by atoms with Crippen molar-refractivity contribution in [2.24, 2.45) is 5.41 Å². The van der Waals surface area contributed by atoms with E-state index in [-0.39, 0.29) is 12.7 Å². The third kappa shape index (κ3) is 1.32. The number of rotatable bonds is 0. The molecule has 1 aliphatic rings. The van der Waals surface area contributed by atoms with Crippen LogP contribution in [0.15, 0.2) is 0 Å². The van der Waals surface area contributed by atoms with Crippen LogP contribution < -0.4 is 0 Å². The Balaban J connectivity index is 2.87. The zero-order valence-corrected chi connectivity index (χ0v) is 5.74. The predicted octanol–water partition coefficient (Wildman–Crippen LogP) is 2.16. The minimum atomic E-state index is -1.69. The Bertz CT molecular complexity index is 202. The van der Waals surface area contributed by atoms with Crippen molar-refractivity contribution >= 4 is 5.78 Å². The Kier molecular flexibility index (Phi) is 0.885. The largest absolute Gasteiger partial charge is 0.299 e. The van der Waals surface area contributed by atoms with Gasteiger partial charge in [0.05, 0.1) is 0 Å². The first-order valence-electron chi connectivity index (χ1n) is 4.97. The average Bonchev–Trinajstić information content (AvgIpc) is 2.00. The lowest BCUT2D eigenvalue weighted by Gasteiger charge is -2.27.